The van der Waals surface area contributed by atoms with Gasteiger partial charge in [0.1, 0.15) is 5.60 Å². The van der Waals surface area contributed by atoms with Gasteiger partial charge in [-0.15, -0.1) is 0 Å². The number of benzene rings is 1. The van der Waals surface area contributed by atoms with Crippen molar-refractivity contribution in [2.24, 2.45) is 0 Å². The summed E-state index contributed by atoms with van der Waals surface area (Å²) in [5.74, 6) is 0. The summed E-state index contributed by atoms with van der Waals surface area (Å²) in [6.45, 7) is 11.6. The van der Waals surface area contributed by atoms with E-state index >= 15 is 0 Å². The lowest BCUT2D eigenvalue weighted by molar-refractivity contribution is 0.0321. The van der Waals surface area contributed by atoms with Crippen LogP contribution in [0.1, 0.15) is 45.7 Å². The Bertz CT molecular complexity index is 476. The first kappa shape index (κ1) is 16.0. The Kier molecular flexibility index (Phi) is 4.67. The van der Waals surface area contributed by atoms with Crippen LogP contribution in [0.4, 0.5) is 4.79 Å². The first-order valence-electron chi connectivity index (χ1n) is 6.29. The maximum atomic E-state index is 11.9. The number of amides is 1. The number of ether oxygens (including phenoxy) is 1. The number of alkyl carbamates (subject to hydrolysis) is 1. The van der Waals surface area contributed by atoms with Gasteiger partial charge in [-0.1, -0.05) is 28.1 Å². The van der Waals surface area contributed by atoms with Gasteiger partial charge >= 0.3 is 6.09 Å². The van der Waals surface area contributed by atoms with E-state index in [1.165, 1.54) is 0 Å². The first-order chi connectivity index (χ1) is 8.51. The highest BCUT2D eigenvalue weighted by atomic mass is 79.9. The Labute approximate surface area is 123 Å². The fourth-order valence-electron chi connectivity index (χ4n) is 1.64. The van der Waals surface area contributed by atoms with Crippen molar-refractivity contribution in [3.63, 3.8) is 0 Å². The minimum Gasteiger partial charge on any atom is -0.439 e. The van der Waals surface area contributed by atoms with E-state index in [0.29, 0.717) is 0 Å². The molecule has 1 aromatic rings. The smallest absolute Gasteiger partial charge is 0.408 e. The maximum absolute atomic E-state index is 11.9. The predicted octanol–water partition coefficient (Wildman–Crippen LogP) is 4.52. The number of nitrogens with one attached hydrogen (secondary N) is 1. The summed E-state index contributed by atoms with van der Waals surface area (Å²) < 4.78 is 6.58. The molecule has 1 aromatic carbocycles. The third kappa shape index (κ3) is 4.86. The van der Waals surface area contributed by atoms with Crippen molar-refractivity contribution in [1.82, 2.24) is 5.32 Å². The lowest BCUT2D eigenvalue weighted by Crippen LogP contribution is -2.43. The Balaban J connectivity index is 2.86. The third-order valence-electron chi connectivity index (χ3n) is 2.68. The predicted molar refractivity (Wildman–Crippen MR) is 81.3 cm³/mol. The molecule has 19 heavy (non-hydrogen) atoms. The van der Waals surface area contributed by atoms with Gasteiger partial charge in [-0.3, -0.25) is 0 Å². The van der Waals surface area contributed by atoms with Crippen molar-refractivity contribution in [1.29, 1.82) is 0 Å². The summed E-state index contributed by atoms with van der Waals surface area (Å²) in [6, 6.07) is 5.95. The molecule has 0 spiro atoms. The van der Waals surface area contributed by atoms with Crippen LogP contribution in [0, 0.1) is 6.92 Å². The van der Waals surface area contributed by atoms with E-state index in [2.05, 4.69) is 21.2 Å². The molecule has 0 heterocycles. The summed E-state index contributed by atoms with van der Waals surface area (Å²) in [5.41, 5.74) is 1.12. The van der Waals surface area contributed by atoms with Crippen molar-refractivity contribution < 1.29 is 9.53 Å². The second-order valence-electron chi connectivity index (χ2n) is 6.24. The van der Waals surface area contributed by atoms with Crippen molar-refractivity contribution >= 4 is 22.0 Å². The number of rotatable bonds is 2. The summed E-state index contributed by atoms with van der Waals surface area (Å²) in [4.78, 5) is 11.9. The molecule has 0 aliphatic rings. The largest absolute Gasteiger partial charge is 0.439 e. The molecule has 1 N–H and O–H groups in total. The van der Waals surface area contributed by atoms with Crippen molar-refractivity contribution in [2.75, 3.05) is 0 Å². The highest BCUT2D eigenvalue weighted by Gasteiger charge is 2.27. The molecule has 0 saturated carbocycles. The van der Waals surface area contributed by atoms with Gasteiger partial charge in [-0.05, 0) is 58.7 Å². The van der Waals surface area contributed by atoms with Crippen LogP contribution in [0.25, 0.3) is 0 Å². The molecule has 0 atom stereocenters. The van der Waals surface area contributed by atoms with Crippen LogP contribution in [0.5, 0.6) is 0 Å². The maximum Gasteiger partial charge on any atom is 0.408 e. The third-order valence-corrected chi connectivity index (χ3v) is 3.57. The van der Waals surface area contributed by atoms with Crippen LogP contribution >= 0.6 is 15.9 Å². The van der Waals surface area contributed by atoms with Crippen LogP contribution in [0.15, 0.2) is 22.7 Å². The average Bonchev–Trinajstić information content (AvgIpc) is 2.17. The van der Waals surface area contributed by atoms with Gasteiger partial charge < -0.3 is 10.1 Å². The lowest BCUT2D eigenvalue weighted by Gasteiger charge is -2.29. The fraction of sp³-hybridized carbons (Fsp3) is 0.533. The van der Waals surface area contributed by atoms with E-state index in [1.54, 1.807) is 0 Å². The highest BCUT2D eigenvalue weighted by Crippen LogP contribution is 2.28. The lowest BCUT2D eigenvalue weighted by atomic mass is 9.96. The van der Waals surface area contributed by atoms with Gasteiger partial charge in [0, 0.05) is 10.0 Å². The Morgan fingerprint density at radius 2 is 1.79 bits per heavy atom. The standard InChI is InChI=1S/C15H22BrNO2/c1-10-9-11(7-8-12(10)16)15(5,6)19-13(18)17-14(2,3)4/h7-9H,1-6H3,(H,17,18). The Morgan fingerprint density at radius 1 is 1.21 bits per heavy atom. The molecular formula is C15H22BrNO2. The van der Waals surface area contributed by atoms with Gasteiger partial charge in [0.25, 0.3) is 0 Å². The number of carbonyl (C=O) groups excluding carboxylic acids is 1. The molecule has 1 amide bonds. The SMILES string of the molecule is Cc1cc(C(C)(C)OC(=O)NC(C)(C)C)ccc1Br. The average molecular weight is 328 g/mol. The number of hydrogen-bond acceptors (Lipinski definition) is 2. The summed E-state index contributed by atoms with van der Waals surface area (Å²) in [5, 5.41) is 2.80. The molecule has 106 valence electrons. The quantitative estimate of drug-likeness (QED) is 0.867. The molecule has 0 aromatic heterocycles. The van der Waals surface area contributed by atoms with Crippen LogP contribution in [0.3, 0.4) is 0 Å². The Hall–Kier alpha value is -1.03. The normalized spacial score (nSPS) is 12.2. The van der Waals surface area contributed by atoms with Gasteiger partial charge in [-0.25, -0.2) is 4.79 Å². The summed E-state index contributed by atoms with van der Waals surface area (Å²) in [6.07, 6.45) is -0.405. The van der Waals surface area contributed by atoms with E-state index in [9.17, 15) is 4.79 Å². The van der Waals surface area contributed by atoms with Crippen LogP contribution < -0.4 is 5.32 Å². The van der Waals surface area contributed by atoms with Gasteiger partial charge in [0.15, 0.2) is 0 Å². The monoisotopic (exact) mass is 327 g/mol. The molecule has 0 aliphatic carbocycles. The van der Waals surface area contributed by atoms with Crippen molar-refractivity contribution in [3.8, 4) is 0 Å². The number of halogens is 1. The number of carbonyl (C=O) groups is 1. The van der Waals surface area contributed by atoms with E-state index < -0.39 is 11.7 Å². The molecule has 0 unspecified atom stereocenters. The molecule has 1 rings (SSSR count). The molecule has 3 nitrogen and oxygen atoms in total. The first-order valence-corrected chi connectivity index (χ1v) is 7.08. The molecule has 0 aliphatic heterocycles. The van der Waals surface area contributed by atoms with Gasteiger partial charge in [0.05, 0.1) is 0 Å². The second kappa shape index (κ2) is 5.53. The zero-order valence-corrected chi connectivity index (χ0v) is 14.0. The topological polar surface area (TPSA) is 38.3 Å². The molecular weight excluding hydrogens is 306 g/mol. The van der Waals surface area contributed by atoms with E-state index in [0.717, 1.165) is 15.6 Å². The van der Waals surface area contributed by atoms with Crippen LogP contribution in [-0.4, -0.2) is 11.6 Å². The van der Waals surface area contributed by atoms with Gasteiger partial charge in [0.2, 0.25) is 0 Å². The van der Waals surface area contributed by atoms with E-state index in [1.807, 2.05) is 59.7 Å². The zero-order chi connectivity index (χ0) is 14.8. The molecule has 0 fully saturated rings. The minimum absolute atomic E-state index is 0.303. The fourth-order valence-corrected chi connectivity index (χ4v) is 1.89. The highest BCUT2D eigenvalue weighted by molar-refractivity contribution is 9.10. The molecule has 0 saturated heterocycles. The van der Waals surface area contributed by atoms with E-state index in [4.69, 9.17) is 4.74 Å². The molecule has 0 bridgehead atoms. The molecule has 0 radical (unpaired) electrons. The van der Waals surface area contributed by atoms with Crippen LogP contribution in [0.2, 0.25) is 0 Å². The van der Waals surface area contributed by atoms with E-state index in [-0.39, 0.29) is 5.54 Å². The second-order valence-corrected chi connectivity index (χ2v) is 7.09. The Morgan fingerprint density at radius 3 is 2.26 bits per heavy atom. The van der Waals surface area contributed by atoms with Crippen molar-refractivity contribution in [3.05, 3.63) is 33.8 Å². The number of aryl methyl sites for hydroxylation is 1. The number of hydrogen-bond donors (Lipinski definition) is 1. The molecule has 4 heteroatoms. The summed E-state index contributed by atoms with van der Waals surface area (Å²) >= 11 is 3.47. The minimum atomic E-state index is -0.666. The summed E-state index contributed by atoms with van der Waals surface area (Å²) in [7, 11) is 0. The van der Waals surface area contributed by atoms with Crippen molar-refractivity contribution in [2.45, 2.75) is 52.7 Å². The zero-order valence-electron chi connectivity index (χ0n) is 12.4. The van der Waals surface area contributed by atoms with Crippen LogP contribution in [-0.2, 0) is 10.3 Å². The van der Waals surface area contributed by atoms with Gasteiger partial charge in [-0.2, -0.15) is 0 Å².